The number of hydrogen-bond donors (Lipinski definition) is 2. The molecule has 10 heteroatoms. The van der Waals surface area contributed by atoms with Crippen molar-refractivity contribution in [3.63, 3.8) is 0 Å². The molecule has 2 aromatic rings. The molecule has 4 rings (SSSR count). The summed E-state index contributed by atoms with van der Waals surface area (Å²) in [5.41, 5.74) is 2.92. The topological polar surface area (TPSA) is 106 Å². The standard InChI is InChI=1S/C26H35N5O4S/c1-6-31-20(17-30(3)4)16-23(28-31)36(33,34)29-25(32)27-24-22(18-9-7-11-21(15-18)35-5)13-12-19-10-8-14-26(19,24)2/h7,9,11-13,15-16,19H,6,8,10,14,17H2,1-5H3,(H2,27,29,32). The van der Waals surface area contributed by atoms with Crippen LogP contribution in [0, 0.1) is 11.3 Å². The van der Waals surface area contributed by atoms with Gasteiger partial charge in [-0.05, 0) is 57.5 Å². The molecule has 1 saturated carbocycles. The highest BCUT2D eigenvalue weighted by Crippen LogP contribution is 2.52. The van der Waals surface area contributed by atoms with Gasteiger partial charge in [0.15, 0.2) is 5.03 Å². The number of sulfonamides is 1. The van der Waals surface area contributed by atoms with Crippen molar-refractivity contribution >= 4 is 21.6 Å². The maximum Gasteiger partial charge on any atom is 0.332 e. The van der Waals surface area contributed by atoms with Gasteiger partial charge >= 0.3 is 6.03 Å². The molecule has 2 aliphatic rings. The lowest BCUT2D eigenvalue weighted by atomic mass is 9.71. The lowest BCUT2D eigenvalue weighted by molar-refractivity contribution is 0.241. The van der Waals surface area contributed by atoms with E-state index in [-0.39, 0.29) is 16.4 Å². The van der Waals surface area contributed by atoms with Crippen molar-refractivity contribution in [3.8, 4) is 5.75 Å². The zero-order chi connectivity index (χ0) is 26.1. The van der Waals surface area contributed by atoms with Crippen LogP contribution in [-0.2, 0) is 23.1 Å². The van der Waals surface area contributed by atoms with Gasteiger partial charge in [-0.15, -0.1) is 0 Å². The minimum atomic E-state index is -4.17. The van der Waals surface area contributed by atoms with E-state index in [4.69, 9.17) is 4.74 Å². The first-order valence-corrected chi connectivity index (χ1v) is 13.7. The third kappa shape index (κ3) is 5.05. The summed E-state index contributed by atoms with van der Waals surface area (Å²) in [6.45, 7) is 5.08. The summed E-state index contributed by atoms with van der Waals surface area (Å²) in [7, 11) is 1.24. The maximum absolute atomic E-state index is 13.1. The number of hydrogen-bond acceptors (Lipinski definition) is 6. The maximum atomic E-state index is 13.1. The fraction of sp³-hybridized carbons (Fsp3) is 0.462. The Kier molecular flexibility index (Phi) is 7.28. The highest BCUT2D eigenvalue weighted by molar-refractivity contribution is 7.90. The number of amides is 2. The van der Waals surface area contributed by atoms with Crippen LogP contribution in [0.15, 0.2) is 53.2 Å². The van der Waals surface area contributed by atoms with Gasteiger partial charge in [0.25, 0.3) is 10.0 Å². The molecule has 0 radical (unpaired) electrons. The molecule has 2 unspecified atom stereocenters. The number of carbonyl (C=O) groups is 1. The number of fused-ring (bicyclic) bond motifs is 1. The molecular formula is C26H35N5O4S. The number of aryl methyl sites for hydroxylation is 1. The number of allylic oxidation sites excluding steroid dienone is 4. The summed E-state index contributed by atoms with van der Waals surface area (Å²) in [5, 5.41) is 6.98. The predicted octanol–water partition coefficient (Wildman–Crippen LogP) is 3.75. The smallest absolute Gasteiger partial charge is 0.332 e. The van der Waals surface area contributed by atoms with Gasteiger partial charge in [-0.25, -0.2) is 9.52 Å². The molecule has 2 atom stereocenters. The van der Waals surface area contributed by atoms with Crippen LogP contribution < -0.4 is 14.8 Å². The monoisotopic (exact) mass is 513 g/mol. The number of nitrogens with one attached hydrogen (secondary N) is 2. The predicted molar refractivity (Wildman–Crippen MR) is 139 cm³/mol. The summed E-state index contributed by atoms with van der Waals surface area (Å²) < 4.78 is 35.4. The van der Waals surface area contributed by atoms with Crippen LogP contribution in [0.5, 0.6) is 5.75 Å². The van der Waals surface area contributed by atoms with E-state index >= 15 is 0 Å². The molecule has 36 heavy (non-hydrogen) atoms. The number of carbonyl (C=O) groups excluding carboxylic acids is 1. The van der Waals surface area contributed by atoms with Crippen molar-refractivity contribution in [1.82, 2.24) is 24.7 Å². The minimum absolute atomic E-state index is 0.174. The summed E-state index contributed by atoms with van der Waals surface area (Å²) >= 11 is 0. The summed E-state index contributed by atoms with van der Waals surface area (Å²) in [4.78, 5) is 15.1. The Morgan fingerprint density at radius 3 is 2.78 bits per heavy atom. The number of ether oxygens (including phenoxy) is 1. The normalized spacial score (nSPS) is 21.6. The van der Waals surface area contributed by atoms with E-state index in [0.717, 1.165) is 41.8 Å². The van der Waals surface area contributed by atoms with E-state index < -0.39 is 16.1 Å². The van der Waals surface area contributed by atoms with Crippen molar-refractivity contribution in [2.24, 2.45) is 11.3 Å². The van der Waals surface area contributed by atoms with E-state index in [1.807, 2.05) is 56.3 Å². The Morgan fingerprint density at radius 2 is 2.08 bits per heavy atom. The largest absolute Gasteiger partial charge is 0.497 e. The second kappa shape index (κ2) is 10.1. The van der Waals surface area contributed by atoms with Crippen LogP contribution in [-0.4, -0.2) is 50.3 Å². The van der Waals surface area contributed by atoms with Crippen LogP contribution in [0.3, 0.4) is 0 Å². The molecule has 1 heterocycles. The molecule has 1 aromatic carbocycles. The molecule has 2 N–H and O–H groups in total. The van der Waals surface area contributed by atoms with Crippen LogP contribution >= 0.6 is 0 Å². The summed E-state index contributed by atoms with van der Waals surface area (Å²) in [5.74, 6) is 0.978. The summed E-state index contributed by atoms with van der Waals surface area (Å²) in [6.07, 6.45) is 7.17. The van der Waals surface area contributed by atoms with Gasteiger partial charge < -0.3 is 15.0 Å². The van der Waals surface area contributed by atoms with Gasteiger partial charge in [-0.1, -0.05) is 37.6 Å². The Hall–Kier alpha value is -3.11. The second-order valence-electron chi connectivity index (χ2n) is 9.88. The Morgan fingerprint density at radius 1 is 1.31 bits per heavy atom. The van der Waals surface area contributed by atoms with Crippen molar-refractivity contribution in [1.29, 1.82) is 0 Å². The Labute approximate surface area is 213 Å². The number of urea groups is 1. The molecule has 0 bridgehead atoms. The number of nitrogens with zero attached hydrogens (tertiary/aromatic N) is 3. The quantitative estimate of drug-likeness (QED) is 0.557. The lowest BCUT2D eigenvalue weighted by Crippen LogP contribution is -2.44. The molecule has 0 aliphatic heterocycles. The van der Waals surface area contributed by atoms with Crippen LogP contribution in [0.25, 0.3) is 5.57 Å². The van der Waals surface area contributed by atoms with Crippen LogP contribution in [0.2, 0.25) is 0 Å². The van der Waals surface area contributed by atoms with Gasteiger partial charge in [-0.2, -0.15) is 13.5 Å². The van der Waals surface area contributed by atoms with Gasteiger partial charge in [0.2, 0.25) is 0 Å². The first kappa shape index (κ1) is 26.0. The van der Waals surface area contributed by atoms with Crippen molar-refractivity contribution in [2.45, 2.75) is 51.2 Å². The average Bonchev–Trinajstić information content (AvgIpc) is 3.42. The highest BCUT2D eigenvalue weighted by atomic mass is 32.2. The minimum Gasteiger partial charge on any atom is -0.497 e. The Balaban J connectivity index is 1.65. The van der Waals surface area contributed by atoms with E-state index in [1.165, 1.54) is 6.07 Å². The highest BCUT2D eigenvalue weighted by Gasteiger charge is 2.44. The third-order valence-electron chi connectivity index (χ3n) is 7.11. The molecule has 2 amide bonds. The van der Waals surface area contributed by atoms with Gasteiger partial charge in [0.05, 0.1) is 12.8 Å². The first-order chi connectivity index (χ1) is 17.1. The zero-order valence-electron chi connectivity index (χ0n) is 21.5. The zero-order valence-corrected chi connectivity index (χ0v) is 22.4. The molecule has 2 aliphatic carbocycles. The number of aromatic nitrogens is 2. The first-order valence-electron chi connectivity index (χ1n) is 12.2. The molecule has 9 nitrogen and oxygen atoms in total. The number of rotatable bonds is 8. The second-order valence-corrected chi connectivity index (χ2v) is 11.5. The van der Waals surface area contributed by atoms with Gasteiger partial charge in [-0.3, -0.25) is 4.68 Å². The fourth-order valence-corrected chi connectivity index (χ4v) is 6.15. The van der Waals surface area contributed by atoms with Crippen LogP contribution in [0.4, 0.5) is 4.79 Å². The molecule has 1 fully saturated rings. The lowest BCUT2D eigenvalue weighted by Gasteiger charge is -2.37. The van der Waals surface area contributed by atoms with Crippen molar-refractivity contribution in [2.75, 3.05) is 21.2 Å². The SMILES string of the molecule is CCn1nc(S(=O)(=O)NC(=O)NC2=C(c3cccc(OC)c3)C=CC3CCCC23C)cc1CN(C)C. The summed E-state index contributed by atoms with van der Waals surface area (Å²) in [6, 6.07) is 8.35. The molecular weight excluding hydrogens is 478 g/mol. The molecule has 1 aromatic heterocycles. The van der Waals surface area contributed by atoms with E-state index in [2.05, 4.69) is 28.1 Å². The van der Waals surface area contributed by atoms with E-state index in [0.29, 0.717) is 18.8 Å². The number of methoxy groups -OCH3 is 1. The van der Waals surface area contributed by atoms with Gasteiger partial charge in [0.1, 0.15) is 5.75 Å². The van der Waals surface area contributed by atoms with E-state index in [1.54, 1.807) is 11.8 Å². The molecule has 0 saturated heterocycles. The third-order valence-corrected chi connectivity index (χ3v) is 8.31. The van der Waals surface area contributed by atoms with E-state index in [9.17, 15) is 13.2 Å². The average molecular weight is 514 g/mol. The Bertz CT molecular complexity index is 1310. The number of benzene rings is 1. The fourth-order valence-electron chi connectivity index (χ4n) is 5.26. The van der Waals surface area contributed by atoms with Crippen molar-refractivity contribution < 1.29 is 17.9 Å². The molecule has 0 spiro atoms. The van der Waals surface area contributed by atoms with Crippen LogP contribution in [0.1, 0.15) is 44.4 Å². The van der Waals surface area contributed by atoms with Crippen molar-refractivity contribution in [3.05, 3.63) is 59.4 Å². The molecule has 194 valence electrons. The van der Waals surface area contributed by atoms with Gasteiger partial charge in [0, 0.05) is 35.8 Å².